The monoisotopic (exact) mass is 409 g/mol. The maximum atomic E-state index is 12.7. The van der Waals surface area contributed by atoms with E-state index in [2.05, 4.69) is 23.9 Å². The van der Waals surface area contributed by atoms with Gasteiger partial charge in [0, 0.05) is 12.8 Å². The van der Waals surface area contributed by atoms with Gasteiger partial charge in [0.2, 0.25) is 0 Å². The normalized spacial score (nSPS) is 33.5. The molecule has 3 atom stereocenters. The molecular weight excluding hydrogens is 389 g/mol. The van der Waals surface area contributed by atoms with E-state index >= 15 is 0 Å². The number of halogens is 9. The summed E-state index contributed by atoms with van der Waals surface area (Å²) in [5, 5.41) is 22.8. The van der Waals surface area contributed by atoms with Crippen LogP contribution in [0, 0.1) is 0 Å². The summed E-state index contributed by atoms with van der Waals surface area (Å²) >= 11 is 0. The fraction of sp³-hybridized carbons (Fsp3) is 1.00. The minimum Gasteiger partial charge on any atom is -0.822 e. The van der Waals surface area contributed by atoms with Gasteiger partial charge in [-0.3, -0.25) is 0 Å². The van der Waals surface area contributed by atoms with Gasteiger partial charge in [-0.1, -0.05) is 0 Å². The van der Waals surface area contributed by atoms with Gasteiger partial charge in [-0.25, -0.2) is 0 Å². The Kier molecular flexibility index (Phi) is 7.45. The molecule has 0 unspecified atom stereocenters. The third kappa shape index (κ3) is 5.36. The summed E-state index contributed by atoms with van der Waals surface area (Å²) in [6.45, 7) is 6.60. The Morgan fingerprint density at radius 3 is 1.54 bits per heavy atom. The molecule has 1 rings (SSSR count). The van der Waals surface area contributed by atoms with Crippen LogP contribution in [0.15, 0.2) is 0 Å². The van der Waals surface area contributed by atoms with E-state index < -0.39 is 48.4 Å². The highest BCUT2D eigenvalue weighted by Crippen LogP contribution is 2.55. The Hall–Kier alpha value is -0.790. The van der Waals surface area contributed by atoms with E-state index in [9.17, 15) is 49.7 Å². The van der Waals surface area contributed by atoms with Crippen molar-refractivity contribution in [3.8, 4) is 0 Å². The van der Waals surface area contributed by atoms with Crippen molar-refractivity contribution in [2.45, 2.75) is 69.1 Å². The summed E-state index contributed by atoms with van der Waals surface area (Å²) in [6, 6.07) is 0. The molecule has 1 aliphatic rings. The molecule has 0 aromatic rings. The second-order valence-corrected chi connectivity index (χ2v) is 6.07. The van der Waals surface area contributed by atoms with E-state index in [4.69, 9.17) is 0 Å². The van der Waals surface area contributed by atoms with Gasteiger partial charge in [0.15, 0.2) is 11.2 Å². The van der Waals surface area contributed by atoms with E-state index in [1.807, 2.05) is 0 Å². The highest BCUT2D eigenvalue weighted by molar-refractivity contribution is 5.06. The first-order valence-electron chi connectivity index (χ1n) is 7.43. The molecule has 158 valence electrons. The molecule has 0 saturated carbocycles. The quantitative estimate of drug-likeness (QED) is 0.682. The summed E-state index contributed by atoms with van der Waals surface area (Å²) in [5.74, 6) is -5.04. The smallest absolute Gasteiger partial charge is 0.417 e. The fourth-order valence-corrected chi connectivity index (χ4v) is 2.25. The lowest BCUT2D eigenvalue weighted by atomic mass is 9.78. The minimum absolute atomic E-state index is 0.152. The van der Waals surface area contributed by atoms with Crippen molar-refractivity contribution in [1.29, 1.82) is 0 Å². The molecule has 0 aromatic carbocycles. The lowest BCUT2D eigenvalue weighted by molar-refractivity contribution is -0.648. The first-order valence-corrected chi connectivity index (χ1v) is 7.43. The van der Waals surface area contributed by atoms with Gasteiger partial charge in [0.05, 0.1) is 18.9 Å². The molecule has 4 nitrogen and oxygen atoms in total. The summed E-state index contributed by atoms with van der Waals surface area (Å²) < 4.78 is 117. The number of hydrogen-bond donors (Lipinski definition) is 2. The van der Waals surface area contributed by atoms with Crippen LogP contribution in [0.5, 0.6) is 0 Å². The van der Waals surface area contributed by atoms with Crippen LogP contribution < -0.4 is 10.4 Å². The maximum Gasteiger partial charge on any atom is 0.417 e. The van der Waals surface area contributed by atoms with Crippen LogP contribution in [-0.4, -0.2) is 53.7 Å². The van der Waals surface area contributed by atoms with Crippen LogP contribution in [0.1, 0.15) is 33.6 Å². The number of quaternary nitrogens is 1. The largest absolute Gasteiger partial charge is 0.822 e. The summed E-state index contributed by atoms with van der Waals surface area (Å²) in [7, 11) is 0. The van der Waals surface area contributed by atoms with Crippen LogP contribution in [0.2, 0.25) is 0 Å². The Labute approximate surface area is 143 Å². The van der Waals surface area contributed by atoms with Gasteiger partial charge >= 0.3 is 18.5 Å². The molecule has 1 aliphatic heterocycles. The highest BCUT2D eigenvalue weighted by atomic mass is 19.4. The lowest BCUT2D eigenvalue weighted by Crippen LogP contribution is -2.82. The van der Waals surface area contributed by atoms with Crippen molar-refractivity contribution in [3.63, 3.8) is 0 Å². The Morgan fingerprint density at radius 1 is 0.885 bits per heavy atom. The van der Waals surface area contributed by atoms with Gasteiger partial charge < -0.3 is 20.3 Å². The molecular formula is C13H20F9NO3. The van der Waals surface area contributed by atoms with Crippen molar-refractivity contribution in [2.24, 2.45) is 0 Å². The third-order valence-electron chi connectivity index (χ3n) is 3.68. The lowest BCUT2D eigenvalue weighted by Gasteiger charge is -2.57. The van der Waals surface area contributed by atoms with Gasteiger partial charge in [-0.05, 0) is 20.8 Å². The van der Waals surface area contributed by atoms with Gasteiger partial charge in [0.25, 0.3) is 0 Å². The SMILES string of the molecule is CC[NH2+]CC.C[C@]1(C(F)(F)F)C[C@@](O)(C(F)(F)F)C[C@@]([O-])(C(F)(F)F)O1. The van der Waals surface area contributed by atoms with Crippen molar-refractivity contribution < 1.29 is 59.8 Å². The number of aliphatic hydroxyl groups is 1. The fourth-order valence-electron chi connectivity index (χ4n) is 2.25. The van der Waals surface area contributed by atoms with Crippen LogP contribution in [0.3, 0.4) is 0 Å². The molecule has 3 N–H and O–H groups in total. The Balaban J connectivity index is 0.00000110. The van der Waals surface area contributed by atoms with E-state index in [-0.39, 0.29) is 6.92 Å². The van der Waals surface area contributed by atoms with E-state index in [1.165, 1.54) is 13.1 Å². The van der Waals surface area contributed by atoms with Crippen LogP contribution in [0.25, 0.3) is 0 Å². The summed E-state index contributed by atoms with van der Waals surface area (Å²) in [6.07, 6.45) is -22.6. The number of hydrogen-bond acceptors (Lipinski definition) is 3. The second kappa shape index (κ2) is 7.68. The zero-order valence-corrected chi connectivity index (χ0v) is 14.1. The van der Waals surface area contributed by atoms with Crippen LogP contribution in [-0.2, 0) is 4.74 Å². The zero-order valence-electron chi connectivity index (χ0n) is 14.1. The third-order valence-corrected chi connectivity index (χ3v) is 3.68. The van der Waals surface area contributed by atoms with Crippen LogP contribution in [0.4, 0.5) is 39.5 Å². The average Bonchev–Trinajstić information content (AvgIpc) is 2.34. The molecule has 1 heterocycles. The molecule has 26 heavy (non-hydrogen) atoms. The minimum atomic E-state index is -6.08. The molecule has 0 aromatic heterocycles. The Morgan fingerprint density at radius 2 is 1.31 bits per heavy atom. The predicted octanol–water partition coefficient (Wildman–Crippen LogP) is 1.62. The molecule has 0 radical (unpaired) electrons. The first kappa shape index (κ1) is 25.2. The van der Waals surface area contributed by atoms with Crippen molar-refractivity contribution in [1.82, 2.24) is 0 Å². The van der Waals surface area contributed by atoms with Crippen molar-refractivity contribution >= 4 is 0 Å². The summed E-state index contributed by atoms with van der Waals surface area (Å²) in [5.41, 5.74) is -8.58. The van der Waals surface area contributed by atoms with E-state index in [0.29, 0.717) is 0 Å². The van der Waals surface area contributed by atoms with Gasteiger partial charge in [0.1, 0.15) is 0 Å². The molecule has 1 fully saturated rings. The second-order valence-electron chi connectivity index (χ2n) is 6.07. The standard InChI is InChI=1S/C9H8F9O3.C4H11N/c1-4(7(10,11)12)2-5(19,8(13,14)15)3-6(20,21-4)9(16,17)18;1-3-5-4-2/h19H,2-3H2,1H3;5H,3-4H2,1-2H3/q-1;/p+1/t4-,5+,6+;/m1./s1. The van der Waals surface area contributed by atoms with E-state index in [1.54, 1.807) is 0 Å². The topological polar surface area (TPSA) is 69.1 Å². The molecule has 0 spiro atoms. The van der Waals surface area contributed by atoms with Gasteiger partial charge in [-0.15, -0.1) is 0 Å². The van der Waals surface area contributed by atoms with Crippen LogP contribution >= 0.6 is 0 Å². The molecule has 0 amide bonds. The number of alkyl halides is 9. The molecule has 1 saturated heterocycles. The number of ether oxygens (including phenoxy) is 1. The number of nitrogens with two attached hydrogens (primary N) is 1. The molecule has 13 heteroatoms. The Bertz CT molecular complexity index is 389. The predicted molar refractivity (Wildman–Crippen MR) is 67.6 cm³/mol. The van der Waals surface area contributed by atoms with E-state index in [0.717, 1.165) is 0 Å². The van der Waals surface area contributed by atoms with Gasteiger partial charge in [-0.2, -0.15) is 39.5 Å². The maximum absolute atomic E-state index is 12.7. The summed E-state index contributed by atoms with van der Waals surface area (Å²) in [4.78, 5) is 0. The van der Waals surface area contributed by atoms with Crippen molar-refractivity contribution in [3.05, 3.63) is 0 Å². The molecule has 0 aliphatic carbocycles. The highest BCUT2D eigenvalue weighted by Gasteiger charge is 2.72. The zero-order chi connectivity index (χ0) is 21.2. The molecule has 0 bridgehead atoms. The van der Waals surface area contributed by atoms with Crippen molar-refractivity contribution in [2.75, 3.05) is 13.1 Å². The average molecular weight is 409 g/mol. The number of rotatable bonds is 2. The first-order chi connectivity index (χ1) is 11.3.